The largest absolute Gasteiger partial charge is 0.490 e. The fourth-order valence-corrected chi connectivity index (χ4v) is 8.79. The van der Waals surface area contributed by atoms with Crippen molar-refractivity contribution >= 4 is 35.1 Å². The van der Waals surface area contributed by atoms with Crippen LogP contribution in [0.25, 0.3) is 0 Å². The van der Waals surface area contributed by atoms with Gasteiger partial charge in [-0.2, -0.15) is 0 Å². The number of allylic oxidation sites excluding steroid dienone is 1. The summed E-state index contributed by atoms with van der Waals surface area (Å²) in [6.07, 6.45) is 13.4. The zero-order chi connectivity index (χ0) is 29.3. The molecule has 0 saturated heterocycles. The number of anilines is 1. The summed E-state index contributed by atoms with van der Waals surface area (Å²) < 4.78 is 9.83. The first-order valence-electron chi connectivity index (χ1n) is 16.0. The van der Waals surface area contributed by atoms with Crippen LogP contribution in [0.2, 0.25) is 5.02 Å². The van der Waals surface area contributed by atoms with Gasteiger partial charge in [0.15, 0.2) is 0 Å². The second kappa shape index (κ2) is 12.8. The second-order valence-corrected chi connectivity index (χ2v) is 14.6. The summed E-state index contributed by atoms with van der Waals surface area (Å²) in [6, 6.07) is 12.3. The van der Waals surface area contributed by atoms with Crippen LogP contribution in [0.1, 0.15) is 86.7 Å². The molecule has 2 aromatic carbocycles. The number of unbranched alkanes of at least 4 members (excludes halogenated alkanes) is 1. The summed E-state index contributed by atoms with van der Waals surface area (Å²) in [5.41, 5.74) is 4.16. The third kappa shape index (κ3) is 6.09. The van der Waals surface area contributed by atoms with Crippen LogP contribution in [0.15, 0.2) is 48.6 Å². The van der Waals surface area contributed by atoms with Crippen LogP contribution in [-0.4, -0.2) is 42.1 Å². The Kier molecular flexibility index (Phi) is 9.14. The first-order valence-corrected chi connectivity index (χ1v) is 17.2. The molecule has 1 amide bonds. The summed E-state index contributed by atoms with van der Waals surface area (Å²) in [6.45, 7) is 6.73. The van der Waals surface area contributed by atoms with Crippen LogP contribution in [0.3, 0.4) is 0 Å². The van der Waals surface area contributed by atoms with Gasteiger partial charge >= 0.3 is 0 Å². The van der Waals surface area contributed by atoms with Gasteiger partial charge < -0.3 is 14.7 Å². The number of carbonyl (C=O) groups excluding carboxylic acids is 1. The topological polar surface area (TPSA) is 61.8 Å². The number of aryl methyl sites for hydroxylation is 1. The van der Waals surface area contributed by atoms with E-state index in [2.05, 4.69) is 41.7 Å². The van der Waals surface area contributed by atoms with Gasteiger partial charge in [-0.05, 0) is 116 Å². The lowest BCUT2D eigenvalue weighted by atomic mass is 9.68. The van der Waals surface area contributed by atoms with Crippen molar-refractivity contribution in [3.05, 3.63) is 70.3 Å². The van der Waals surface area contributed by atoms with Crippen molar-refractivity contribution < 1.29 is 14.6 Å². The Morgan fingerprint density at radius 1 is 1.21 bits per heavy atom. The number of rotatable bonds is 3. The number of aliphatic hydroxyl groups is 1. The lowest BCUT2D eigenvalue weighted by Gasteiger charge is -2.45. The van der Waals surface area contributed by atoms with Gasteiger partial charge in [-0.1, -0.05) is 56.5 Å². The molecule has 2 aromatic rings. The highest BCUT2D eigenvalue weighted by Gasteiger charge is 2.44. The number of hydrogen-bond donors (Lipinski definition) is 2. The first kappa shape index (κ1) is 29.9. The Labute approximate surface area is 260 Å². The monoisotopic (exact) mass is 608 g/mol. The minimum atomic E-state index is -0.425. The predicted octanol–water partition coefficient (Wildman–Crippen LogP) is 7.73. The van der Waals surface area contributed by atoms with Crippen LogP contribution in [0.5, 0.6) is 5.75 Å². The molecule has 226 valence electrons. The molecule has 42 heavy (non-hydrogen) atoms. The van der Waals surface area contributed by atoms with Gasteiger partial charge in [-0.15, -0.1) is 0 Å². The Morgan fingerprint density at radius 2 is 2.10 bits per heavy atom. The maximum Gasteiger partial charge on any atom is 0.261 e. The SMILES string of the molecule is CCCC[C@@H]1SNC(=O)c2ccc3c(c2)N(C[C@@H]2CC[C@H]2[C@@H](O)/C=C\C[C@@H]1C)C[C@@]1(CCCc2cc(Cl)ccc21)CO3. The third-order valence-electron chi connectivity index (χ3n) is 10.3. The van der Waals surface area contributed by atoms with E-state index >= 15 is 0 Å². The van der Waals surface area contributed by atoms with E-state index in [9.17, 15) is 9.90 Å². The number of hydrogen-bond acceptors (Lipinski definition) is 5. The number of fused-ring (bicyclic) bond motifs is 4. The smallest absolute Gasteiger partial charge is 0.261 e. The molecule has 1 saturated carbocycles. The van der Waals surface area contributed by atoms with Crippen molar-refractivity contribution in [2.24, 2.45) is 17.8 Å². The van der Waals surface area contributed by atoms with Crippen molar-refractivity contribution in [3.63, 3.8) is 0 Å². The molecule has 2 bridgehead atoms. The fourth-order valence-electron chi connectivity index (χ4n) is 7.59. The highest BCUT2D eigenvalue weighted by Crippen LogP contribution is 2.47. The van der Waals surface area contributed by atoms with E-state index in [0.29, 0.717) is 29.3 Å². The highest BCUT2D eigenvalue weighted by molar-refractivity contribution is 7.98. The number of ether oxygens (including phenoxy) is 1. The number of benzene rings is 2. The first-order chi connectivity index (χ1) is 20.4. The summed E-state index contributed by atoms with van der Waals surface area (Å²) >= 11 is 7.99. The average molecular weight is 609 g/mol. The molecule has 1 fully saturated rings. The molecular formula is C35H45ClN2O3S. The van der Waals surface area contributed by atoms with Gasteiger partial charge in [-0.25, -0.2) is 0 Å². The van der Waals surface area contributed by atoms with E-state index in [1.807, 2.05) is 30.3 Å². The summed E-state index contributed by atoms with van der Waals surface area (Å²) in [5.74, 6) is 1.83. The van der Waals surface area contributed by atoms with Crippen molar-refractivity contribution in [1.82, 2.24) is 4.72 Å². The van der Waals surface area contributed by atoms with E-state index < -0.39 is 6.10 Å². The van der Waals surface area contributed by atoms with Gasteiger partial charge in [0, 0.05) is 34.3 Å². The van der Waals surface area contributed by atoms with Crippen LogP contribution >= 0.6 is 23.5 Å². The summed E-state index contributed by atoms with van der Waals surface area (Å²) in [5, 5.41) is 12.4. The average Bonchev–Trinajstić information content (AvgIpc) is 3.11. The summed E-state index contributed by atoms with van der Waals surface area (Å²) in [7, 11) is 0. The van der Waals surface area contributed by atoms with Crippen molar-refractivity contribution in [2.75, 3.05) is 24.6 Å². The minimum absolute atomic E-state index is 0.0485. The van der Waals surface area contributed by atoms with Gasteiger partial charge in [0.2, 0.25) is 0 Å². The molecule has 6 rings (SSSR count). The number of nitrogens with one attached hydrogen (secondary N) is 1. The van der Waals surface area contributed by atoms with Crippen molar-refractivity contribution in [2.45, 2.75) is 88.4 Å². The van der Waals surface area contributed by atoms with E-state index in [1.165, 1.54) is 11.1 Å². The van der Waals surface area contributed by atoms with Crippen LogP contribution in [0, 0.1) is 17.8 Å². The van der Waals surface area contributed by atoms with Gasteiger partial charge in [-0.3, -0.25) is 9.52 Å². The van der Waals surface area contributed by atoms with E-state index in [1.54, 1.807) is 11.9 Å². The molecule has 2 aliphatic carbocycles. The van der Waals surface area contributed by atoms with E-state index in [-0.39, 0.29) is 17.2 Å². The number of halogens is 1. The lowest BCUT2D eigenvalue weighted by Crippen LogP contribution is -2.49. The molecule has 6 atom stereocenters. The van der Waals surface area contributed by atoms with Gasteiger partial charge in [0.25, 0.3) is 5.91 Å². The molecule has 0 unspecified atom stereocenters. The zero-order valence-corrected chi connectivity index (χ0v) is 26.6. The number of aliphatic hydroxyl groups excluding tert-OH is 1. The molecular weight excluding hydrogens is 564 g/mol. The van der Waals surface area contributed by atoms with Crippen molar-refractivity contribution in [3.8, 4) is 5.75 Å². The van der Waals surface area contributed by atoms with E-state index in [4.69, 9.17) is 16.3 Å². The Bertz CT molecular complexity index is 1320. The third-order valence-corrected chi connectivity index (χ3v) is 11.8. The molecule has 4 aliphatic rings. The highest BCUT2D eigenvalue weighted by atomic mass is 35.5. The standard InChI is InChI=1S/C35H45ClN2O3S/c1-3-4-10-33-23(2)7-5-9-31(39)28-14-11-26(28)20-38-21-35(17-6-8-24-18-27(36)13-15-29(24)35)22-41-32-16-12-25(19-30(32)38)34(40)37-42-33/h5,9,12-13,15-16,18-19,23,26,28,31,33,39H,3-4,6-8,10-11,14,17,20-22H2,1-2H3,(H,37,40)/b9-5-/t23-,26-,28+,31-,33-,35-/m0/s1. The van der Waals surface area contributed by atoms with E-state index in [0.717, 1.165) is 87.3 Å². The van der Waals surface area contributed by atoms with Crippen LogP contribution in [0.4, 0.5) is 5.69 Å². The molecule has 0 radical (unpaired) electrons. The Morgan fingerprint density at radius 3 is 2.90 bits per heavy atom. The molecule has 5 nitrogen and oxygen atoms in total. The molecule has 2 N–H and O–H groups in total. The second-order valence-electron chi connectivity index (χ2n) is 13.1. The maximum atomic E-state index is 13.5. The Balaban J connectivity index is 1.36. The fraction of sp³-hybridized carbons (Fsp3) is 0.571. The van der Waals surface area contributed by atoms with Gasteiger partial charge in [0.1, 0.15) is 5.75 Å². The van der Waals surface area contributed by atoms with Crippen LogP contribution < -0.4 is 14.4 Å². The maximum absolute atomic E-state index is 13.5. The number of amides is 1. The molecule has 2 heterocycles. The van der Waals surface area contributed by atoms with Crippen molar-refractivity contribution in [1.29, 1.82) is 0 Å². The molecule has 0 aromatic heterocycles. The number of carbonyl (C=O) groups is 1. The minimum Gasteiger partial charge on any atom is -0.490 e. The molecule has 1 spiro atoms. The molecule has 2 aliphatic heterocycles. The molecule has 7 heteroatoms. The summed E-state index contributed by atoms with van der Waals surface area (Å²) in [4.78, 5) is 16.0. The zero-order valence-electron chi connectivity index (χ0n) is 25.0. The lowest BCUT2D eigenvalue weighted by molar-refractivity contribution is 0.0455. The quantitative estimate of drug-likeness (QED) is 0.276. The Hall–Kier alpha value is -2.15. The van der Waals surface area contributed by atoms with Gasteiger partial charge in [0.05, 0.1) is 18.4 Å². The number of nitrogens with zero attached hydrogens (tertiary/aromatic N) is 1. The predicted molar refractivity (Wildman–Crippen MR) is 174 cm³/mol. The van der Waals surface area contributed by atoms with Crippen LogP contribution in [-0.2, 0) is 11.8 Å². The normalized spacial score (nSPS) is 32.0.